The number of aryl methyl sites for hydroxylation is 1. The van der Waals surface area contributed by atoms with Crippen molar-refractivity contribution in [3.63, 3.8) is 0 Å². The summed E-state index contributed by atoms with van der Waals surface area (Å²) >= 11 is 0. The molecule has 0 aliphatic heterocycles. The standard InChI is InChI=1S/C11H7F3N3/c1-7-3-2-4-9(17-7)8-5-15-10(16-6-8)11(12,13)14/h2-3,5-6H,1H3. The highest BCUT2D eigenvalue weighted by Crippen LogP contribution is 2.26. The van der Waals surface area contributed by atoms with E-state index in [1.165, 1.54) is 0 Å². The molecule has 17 heavy (non-hydrogen) atoms. The van der Waals surface area contributed by atoms with Crippen molar-refractivity contribution in [3.8, 4) is 11.3 Å². The van der Waals surface area contributed by atoms with Crippen LogP contribution in [0.3, 0.4) is 0 Å². The van der Waals surface area contributed by atoms with Crippen molar-refractivity contribution in [3.05, 3.63) is 42.1 Å². The molecule has 0 spiro atoms. The molecule has 1 radical (unpaired) electrons. The molecule has 3 nitrogen and oxygen atoms in total. The summed E-state index contributed by atoms with van der Waals surface area (Å²) in [5, 5.41) is 0. The zero-order valence-corrected chi connectivity index (χ0v) is 8.78. The molecule has 2 aromatic rings. The highest BCUT2D eigenvalue weighted by Gasteiger charge is 2.34. The van der Waals surface area contributed by atoms with Crippen LogP contribution < -0.4 is 0 Å². The first-order valence-corrected chi connectivity index (χ1v) is 4.72. The lowest BCUT2D eigenvalue weighted by atomic mass is 10.2. The van der Waals surface area contributed by atoms with Crippen molar-refractivity contribution in [1.82, 2.24) is 15.0 Å². The van der Waals surface area contributed by atoms with Gasteiger partial charge in [-0.15, -0.1) is 0 Å². The van der Waals surface area contributed by atoms with Gasteiger partial charge in [0.05, 0.1) is 5.69 Å². The number of pyridine rings is 1. The SMILES string of the molecule is Cc1cc[c]c(-c2cnc(C(F)(F)F)nc2)n1. The Balaban J connectivity index is 2.36. The Morgan fingerprint density at radius 3 is 2.35 bits per heavy atom. The van der Waals surface area contributed by atoms with E-state index in [0.717, 1.165) is 18.1 Å². The Labute approximate surface area is 95.4 Å². The van der Waals surface area contributed by atoms with E-state index < -0.39 is 12.0 Å². The van der Waals surface area contributed by atoms with E-state index in [2.05, 4.69) is 21.0 Å². The molecule has 0 aliphatic carbocycles. The molecule has 87 valence electrons. The Morgan fingerprint density at radius 2 is 1.82 bits per heavy atom. The van der Waals surface area contributed by atoms with Gasteiger partial charge in [-0.3, -0.25) is 4.98 Å². The van der Waals surface area contributed by atoms with E-state index in [4.69, 9.17) is 0 Å². The zero-order valence-electron chi connectivity index (χ0n) is 8.78. The second kappa shape index (κ2) is 4.12. The fourth-order valence-corrected chi connectivity index (χ4v) is 1.23. The maximum absolute atomic E-state index is 12.2. The molecule has 0 unspecified atom stereocenters. The van der Waals surface area contributed by atoms with Crippen LogP contribution in [-0.4, -0.2) is 15.0 Å². The van der Waals surface area contributed by atoms with E-state index >= 15 is 0 Å². The molecule has 2 aromatic heterocycles. The summed E-state index contributed by atoms with van der Waals surface area (Å²) in [5.74, 6) is -1.16. The average Bonchev–Trinajstić information content (AvgIpc) is 2.28. The van der Waals surface area contributed by atoms with Gasteiger partial charge in [0, 0.05) is 29.7 Å². The lowest BCUT2D eigenvalue weighted by molar-refractivity contribution is -0.144. The van der Waals surface area contributed by atoms with E-state index in [1.807, 2.05) is 0 Å². The minimum Gasteiger partial charge on any atom is -0.252 e. The number of nitrogens with zero attached hydrogens (tertiary/aromatic N) is 3. The van der Waals surface area contributed by atoms with Crippen LogP contribution >= 0.6 is 0 Å². The molecular weight excluding hydrogens is 231 g/mol. The number of hydrogen-bond acceptors (Lipinski definition) is 3. The van der Waals surface area contributed by atoms with E-state index in [1.54, 1.807) is 19.1 Å². The average molecular weight is 238 g/mol. The topological polar surface area (TPSA) is 38.7 Å². The molecule has 0 atom stereocenters. The molecule has 0 aliphatic rings. The number of halogens is 3. The van der Waals surface area contributed by atoms with Crippen molar-refractivity contribution in [2.75, 3.05) is 0 Å². The van der Waals surface area contributed by atoms with Crippen molar-refractivity contribution < 1.29 is 13.2 Å². The fraction of sp³-hybridized carbons (Fsp3) is 0.182. The van der Waals surface area contributed by atoms with Crippen molar-refractivity contribution in [2.45, 2.75) is 13.1 Å². The largest absolute Gasteiger partial charge is 0.451 e. The van der Waals surface area contributed by atoms with Gasteiger partial charge in [0.2, 0.25) is 5.82 Å². The smallest absolute Gasteiger partial charge is 0.252 e. The quantitative estimate of drug-likeness (QED) is 0.766. The molecular formula is C11H7F3N3. The highest BCUT2D eigenvalue weighted by atomic mass is 19.4. The second-order valence-corrected chi connectivity index (χ2v) is 3.37. The van der Waals surface area contributed by atoms with Crippen LogP contribution in [0.25, 0.3) is 11.3 Å². The number of hydrogen-bond donors (Lipinski definition) is 0. The van der Waals surface area contributed by atoms with Crippen LogP contribution in [0.2, 0.25) is 0 Å². The fourth-order valence-electron chi connectivity index (χ4n) is 1.23. The first kappa shape index (κ1) is 11.5. The molecule has 0 bridgehead atoms. The van der Waals surface area contributed by atoms with Crippen LogP contribution in [0.5, 0.6) is 0 Å². The summed E-state index contributed by atoms with van der Waals surface area (Å²) in [7, 11) is 0. The van der Waals surface area contributed by atoms with Crippen LogP contribution in [0, 0.1) is 13.0 Å². The van der Waals surface area contributed by atoms with E-state index in [-0.39, 0.29) is 0 Å². The molecule has 0 N–H and O–H groups in total. The maximum atomic E-state index is 12.2. The first-order valence-electron chi connectivity index (χ1n) is 4.72. The van der Waals surface area contributed by atoms with Gasteiger partial charge in [0.1, 0.15) is 0 Å². The van der Waals surface area contributed by atoms with Crippen LogP contribution in [0.4, 0.5) is 13.2 Å². The lowest BCUT2D eigenvalue weighted by Gasteiger charge is -2.05. The predicted octanol–water partition coefficient (Wildman–Crippen LogP) is 2.67. The van der Waals surface area contributed by atoms with Crippen molar-refractivity contribution in [1.29, 1.82) is 0 Å². The molecule has 2 heterocycles. The number of rotatable bonds is 1. The van der Waals surface area contributed by atoms with Gasteiger partial charge in [-0.25, -0.2) is 9.97 Å². The Morgan fingerprint density at radius 1 is 1.18 bits per heavy atom. The third kappa shape index (κ3) is 2.58. The highest BCUT2D eigenvalue weighted by molar-refractivity contribution is 5.55. The van der Waals surface area contributed by atoms with Crippen LogP contribution in [0.1, 0.15) is 11.5 Å². The van der Waals surface area contributed by atoms with Gasteiger partial charge >= 0.3 is 6.18 Å². The molecule has 0 aromatic carbocycles. The van der Waals surface area contributed by atoms with Crippen LogP contribution in [-0.2, 0) is 6.18 Å². The molecule has 6 heteroatoms. The lowest BCUT2D eigenvalue weighted by Crippen LogP contribution is -2.10. The minimum absolute atomic E-state index is 0.404. The second-order valence-electron chi connectivity index (χ2n) is 3.37. The molecule has 0 fully saturated rings. The van der Waals surface area contributed by atoms with Gasteiger partial charge in [-0.1, -0.05) is 6.07 Å². The predicted molar refractivity (Wildman–Crippen MR) is 53.8 cm³/mol. The summed E-state index contributed by atoms with van der Waals surface area (Å²) in [6.07, 6.45) is -2.34. The maximum Gasteiger partial charge on any atom is 0.451 e. The van der Waals surface area contributed by atoms with Gasteiger partial charge in [0.25, 0.3) is 0 Å². The first-order chi connectivity index (χ1) is 7.97. The normalized spacial score (nSPS) is 11.5. The zero-order chi connectivity index (χ0) is 12.5. The monoisotopic (exact) mass is 238 g/mol. The van der Waals surface area contributed by atoms with Crippen molar-refractivity contribution >= 4 is 0 Å². The molecule has 2 rings (SSSR count). The van der Waals surface area contributed by atoms with Crippen molar-refractivity contribution in [2.24, 2.45) is 0 Å². The molecule has 0 saturated heterocycles. The number of aromatic nitrogens is 3. The number of alkyl halides is 3. The third-order valence-corrected chi connectivity index (χ3v) is 2.01. The van der Waals surface area contributed by atoms with Gasteiger partial charge in [-0.05, 0) is 13.0 Å². The van der Waals surface area contributed by atoms with Gasteiger partial charge < -0.3 is 0 Å². The Kier molecular flexibility index (Phi) is 2.79. The third-order valence-electron chi connectivity index (χ3n) is 2.01. The van der Waals surface area contributed by atoms with E-state index in [9.17, 15) is 13.2 Å². The Hall–Kier alpha value is -1.98. The summed E-state index contributed by atoms with van der Waals surface area (Å²) in [5.41, 5.74) is 1.58. The summed E-state index contributed by atoms with van der Waals surface area (Å²) in [6.45, 7) is 1.78. The minimum atomic E-state index is -4.53. The molecule has 0 amide bonds. The van der Waals surface area contributed by atoms with Gasteiger partial charge in [0.15, 0.2) is 0 Å². The van der Waals surface area contributed by atoms with Gasteiger partial charge in [-0.2, -0.15) is 13.2 Å². The Bertz CT molecular complexity index is 520. The summed E-state index contributed by atoms with van der Waals surface area (Å²) in [6, 6.07) is 6.20. The van der Waals surface area contributed by atoms with Crippen LogP contribution in [0.15, 0.2) is 24.5 Å². The summed E-state index contributed by atoms with van der Waals surface area (Å²) < 4.78 is 36.7. The van der Waals surface area contributed by atoms with E-state index in [0.29, 0.717) is 11.3 Å². The summed E-state index contributed by atoms with van der Waals surface area (Å²) in [4.78, 5) is 10.6. The molecule has 0 saturated carbocycles.